The van der Waals surface area contributed by atoms with Gasteiger partial charge < -0.3 is 9.47 Å². The van der Waals surface area contributed by atoms with Crippen LogP contribution in [0.1, 0.15) is 250 Å². The van der Waals surface area contributed by atoms with Crippen molar-refractivity contribution in [3.8, 4) is 0 Å². The highest BCUT2D eigenvalue weighted by Gasteiger charge is 2.57. The molecule has 0 aromatic heterocycles. The Morgan fingerprint density at radius 2 is 0.792 bits per heavy atom. The van der Waals surface area contributed by atoms with E-state index in [-0.39, 0.29) is 41.1 Å². The fraction of sp³-hybridized carbons (Fsp3) is 0.667. The van der Waals surface area contributed by atoms with Crippen molar-refractivity contribution in [1.29, 1.82) is 0 Å². The van der Waals surface area contributed by atoms with Gasteiger partial charge in [-0.3, -0.25) is 19.2 Å². The minimum absolute atomic E-state index is 0.0780. The number of allylic oxidation sites excluding steroid dienone is 18. The van der Waals surface area contributed by atoms with Crippen molar-refractivity contribution >= 4 is 23.5 Å². The van der Waals surface area contributed by atoms with E-state index in [0.29, 0.717) is 38.5 Å². The van der Waals surface area contributed by atoms with Crippen LogP contribution in [0.4, 0.5) is 0 Å². The number of rotatable bonds is 36. The minimum atomic E-state index is -0.603. The van der Waals surface area contributed by atoms with Gasteiger partial charge in [0.15, 0.2) is 11.6 Å². The Bertz CT molecular complexity index is 1940. The van der Waals surface area contributed by atoms with E-state index in [1.165, 1.54) is 103 Å². The van der Waals surface area contributed by atoms with Gasteiger partial charge in [0.25, 0.3) is 0 Å². The van der Waals surface area contributed by atoms with Crippen molar-refractivity contribution in [3.05, 3.63) is 107 Å². The van der Waals surface area contributed by atoms with Crippen LogP contribution in [0.25, 0.3) is 0 Å². The molecule has 6 nitrogen and oxygen atoms in total. The number of hydrogen-bond donors (Lipinski definition) is 0. The zero-order valence-corrected chi connectivity index (χ0v) is 48.1. The summed E-state index contributed by atoms with van der Waals surface area (Å²) >= 11 is 0. The molecule has 2 saturated carbocycles. The SMILES string of the molecule is CCCCCCCCCCCCCC(=O)O[C@H]1CC(C)(C)[C@](C)(C(=O)/C=C/C(C)=C/C=C/C(C)=C/C=C/C=C(C)/C=C/C=C(C)/C=C/C(=O)[C@]2(C)CC[C@H](OC(=O)CCCCCCCCCCC)C2(C)C)C1. The molecular formula is C66H104O6. The van der Waals surface area contributed by atoms with Crippen LogP contribution in [0.5, 0.6) is 0 Å². The number of esters is 2. The highest BCUT2D eigenvalue weighted by molar-refractivity contribution is 5.96. The first-order valence-corrected chi connectivity index (χ1v) is 28.8. The van der Waals surface area contributed by atoms with Gasteiger partial charge in [-0.15, -0.1) is 0 Å². The third-order valence-corrected chi connectivity index (χ3v) is 16.4. The van der Waals surface area contributed by atoms with Crippen molar-refractivity contribution in [2.45, 2.75) is 262 Å². The summed E-state index contributed by atoms with van der Waals surface area (Å²) in [7, 11) is 0. The molecule has 0 aliphatic heterocycles. The Morgan fingerprint density at radius 3 is 1.22 bits per heavy atom. The lowest BCUT2D eigenvalue weighted by molar-refractivity contribution is -0.158. The zero-order valence-electron chi connectivity index (χ0n) is 48.1. The van der Waals surface area contributed by atoms with Crippen LogP contribution in [0.3, 0.4) is 0 Å². The number of unbranched alkanes of at least 4 members (excludes halogenated alkanes) is 18. The van der Waals surface area contributed by atoms with Gasteiger partial charge in [0.05, 0.1) is 0 Å². The Labute approximate surface area is 441 Å². The molecule has 2 aliphatic carbocycles. The first-order chi connectivity index (χ1) is 34.2. The molecule has 6 heteroatoms. The number of ether oxygens (including phenoxy) is 2. The molecular weight excluding hydrogens is 889 g/mol. The van der Waals surface area contributed by atoms with E-state index >= 15 is 0 Å². The maximum Gasteiger partial charge on any atom is 0.306 e. The molecule has 0 heterocycles. The van der Waals surface area contributed by atoms with Crippen molar-refractivity contribution < 1.29 is 28.7 Å². The first kappa shape index (κ1) is 64.1. The van der Waals surface area contributed by atoms with Crippen LogP contribution in [-0.2, 0) is 28.7 Å². The largest absolute Gasteiger partial charge is 0.462 e. The second-order valence-corrected chi connectivity index (χ2v) is 23.3. The maximum absolute atomic E-state index is 13.6. The van der Waals surface area contributed by atoms with Gasteiger partial charge in [0.2, 0.25) is 0 Å². The molecule has 0 aromatic carbocycles. The molecule has 4 atom stereocenters. The van der Waals surface area contributed by atoms with Gasteiger partial charge >= 0.3 is 11.9 Å². The van der Waals surface area contributed by atoms with Crippen LogP contribution in [0.2, 0.25) is 0 Å². The maximum atomic E-state index is 13.6. The topological polar surface area (TPSA) is 86.7 Å². The molecule has 0 aromatic rings. The third-order valence-electron chi connectivity index (χ3n) is 16.4. The predicted molar refractivity (Wildman–Crippen MR) is 306 cm³/mol. The Kier molecular flexibility index (Phi) is 30.6. The van der Waals surface area contributed by atoms with Gasteiger partial charge in [-0.25, -0.2) is 0 Å². The van der Waals surface area contributed by atoms with E-state index in [1.54, 1.807) is 12.2 Å². The van der Waals surface area contributed by atoms with E-state index < -0.39 is 16.2 Å². The van der Waals surface area contributed by atoms with Crippen molar-refractivity contribution in [1.82, 2.24) is 0 Å². The molecule has 2 fully saturated rings. The minimum Gasteiger partial charge on any atom is -0.462 e. The summed E-state index contributed by atoms with van der Waals surface area (Å²) in [6.07, 6.45) is 55.1. The summed E-state index contributed by atoms with van der Waals surface area (Å²) in [5.41, 5.74) is 2.20. The molecule has 2 rings (SSSR count). The molecule has 404 valence electrons. The lowest BCUT2D eigenvalue weighted by Crippen LogP contribution is -2.43. The molecule has 72 heavy (non-hydrogen) atoms. The Morgan fingerprint density at radius 1 is 0.431 bits per heavy atom. The predicted octanol–water partition coefficient (Wildman–Crippen LogP) is 18.8. The quantitative estimate of drug-likeness (QED) is 0.0269. The van der Waals surface area contributed by atoms with E-state index in [0.717, 1.165) is 48.0 Å². The smallest absolute Gasteiger partial charge is 0.306 e. The van der Waals surface area contributed by atoms with Crippen LogP contribution >= 0.6 is 0 Å². The average molecular weight is 994 g/mol. The van der Waals surface area contributed by atoms with E-state index in [2.05, 4.69) is 67.5 Å². The molecule has 0 bridgehead atoms. The fourth-order valence-electron chi connectivity index (χ4n) is 10.3. The van der Waals surface area contributed by atoms with Crippen LogP contribution in [0, 0.1) is 21.7 Å². The second-order valence-electron chi connectivity index (χ2n) is 23.3. The van der Waals surface area contributed by atoms with Gasteiger partial charge in [-0.1, -0.05) is 266 Å². The van der Waals surface area contributed by atoms with Gasteiger partial charge in [-0.05, 0) is 83.8 Å². The second kappa shape index (κ2) is 34.4. The third kappa shape index (κ3) is 23.4. The summed E-state index contributed by atoms with van der Waals surface area (Å²) < 4.78 is 11.9. The average Bonchev–Trinajstić information content (AvgIpc) is 3.71. The standard InChI is InChI=1S/C66H104O6/c1-13-15-17-19-21-23-24-26-28-29-31-43-61(69)71-57-51-63(7,8)66(12,52-57)59(68)48-46-56(6)42-36-40-54(4)38-34-33-37-53(3)39-35-41-55(5)45-47-58(67)65(11)50-49-60(64(65,9)10)72-62(70)44-32-30-27-25-22-20-18-16-14-2/h33-42,45-48,57,60H,13-32,43-44,49-52H2,1-12H3/b34-33+,39-35+,40-36+,47-45+,48-46+,53-37+,54-38+,55-41+,56-42+/t57-,60-,65-,66-/m0/s1. The summed E-state index contributed by atoms with van der Waals surface area (Å²) in [5, 5.41) is 0. The molecule has 0 saturated heterocycles. The van der Waals surface area contributed by atoms with Gasteiger partial charge in [-0.2, -0.15) is 0 Å². The number of carbonyl (C=O) groups is 4. The highest BCUT2D eigenvalue weighted by atomic mass is 16.5. The normalized spacial score (nSPS) is 22.9. The van der Waals surface area contributed by atoms with E-state index in [9.17, 15) is 19.2 Å². The number of hydrogen-bond acceptors (Lipinski definition) is 6. The number of ketones is 2. The highest BCUT2D eigenvalue weighted by Crippen LogP contribution is 2.55. The summed E-state index contributed by atoms with van der Waals surface area (Å²) in [4.78, 5) is 52.8. The Hall–Kier alpha value is -4.06. The number of carbonyl (C=O) groups excluding carboxylic acids is 4. The fourth-order valence-corrected chi connectivity index (χ4v) is 10.3. The van der Waals surface area contributed by atoms with Gasteiger partial charge in [0, 0.05) is 29.1 Å². The van der Waals surface area contributed by atoms with Crippen LogP contribution in [0.15, 0.2) is 107 Å². The zero-order chi connectivity index (χ0) is 53.5. The Balaban J connectivity index is 1.78. The summed E-state index contributed by atoms with van der Waals surface area (Å²) in [5.74, 6) is -0.102. The van der Waals surface area contributed by atoms with E-state index in [4.69, 9.17) is 9.47 Å². The summed E-state index contributed by atoms with van der Waals surface area (Å²) in [6, 6.07) is 0. The van der Waals surface area contributed by atoms with Gasteiger partial charge in [0.1, 0.15) is 12.2 Å². The van der Waals surface area contributed by atoms with Crippen molar-refractivity contribution in [3.63, 3.8) is 0 Å². The van der Waals surface area contributed by atoms with Crippen LogP contribution < -0.4 is 0 Å². The van der Waals surface area contributed by atoms with E-state index in [1.807, 2.05) is 88.5 Å². The molecule has 0 unspecified atom stereocenters. The van der Waals surface area contributed by atoms with Crippen molar-refractivity contribution in [2.24, 2.45) is 21.7 Å². The lowest BCUT2D eigenvalue weighted by Gasteiger charge is -2.39. The van der Waals surface area contributed by atoms with Crippen molar-refractivity contribution in [2.75, 3.05) is 0 Å². The van der Waals surface area contributed by atoms with Crippen LogP contribution in [-0.4, -0.2) is 35.7 Å². The molecule has 2 aliphatic rings. The molecule has 0 N–H and O–H groups in total. The first-order valence-electron chi connectivity index (χ1n) is 28.8. The monoisotopic (exact) mass is 993 g/mol. The molecule has 0 amide bonds. The lowest BCUT2D eigenvalue weighted by atomic mass is 9.66. The molecule has 0 radical (unpaired) electrons. The summed E-state index contributed by atoms with van der Waals surface area (Å²) in [6.45, 7) is 25.0. The molecule has 0 spiro atoms.